The number of nitrogens with one attached hydrogen (secondary N) is 3. The van der Waals surface area contributed by atoms with Crippen LogP contribution in [0.3, 0.4) is 0 Å². The molecule has 0 fully saturated rings. The Morgan fingerprint density at radius 2 is 1.51 bits per heavy atom. The number of aryl methyl sites for hydroxylation is 1. The van der Waals surface area contributed by atoms with Gasteiger partial charge in [-0.05, 0) is 72.9 Å². The molecule has 3 rings (SSSR count). The maximum atomic E-state index is 12.4. The fourth-order valence-electron chi connectivity index (χ4n) is 3.28. The molecule has 0 aliphatic carbocycles. The number of amides is 3. The van der Waals surface area contributed by atoms with Gasteiger partial charge in [0.25, 0.3) is 17.7 Å². The van der Waals surface area contributed by atoms with E-state index < -0.39 is 11.8 Å². The van der Waals surface area contributed by atoms with Gasteiger partial charge in [-0.3, -0.25) is 25.2 Å². The Morgan fingerprint density at radius 1 is 0.829 bits per heavy atom. The molecule has 3 N–H and O–H groups in total. The molecule has 0 bridgehead atoms. The van der Waals surface area contributed by atoms with Crippen LogP contribution in [0.2, 0.25) is 0 Å². The standard InChI is InChI=1S/C28H31N3O4/c1-5-28(3,4)22-11-15-24(16-12-22)35-18-25(32)30-31-27(34)20-9-13-23(14-10-20)29-26(33)21-8-6-7-19(2)17-21/h6-17H,5,18H2,1-4H3,(H,29,33)(H,30,32)(H,31,34). The summed E-state index contributed by atoms with van der Waals surface area (Å²) in [6.45, 7) is 8.17. The van der Waals surface area contributed by atoms with Gasteiger partial charge in [-0.15, -0.1) is 0 Å². The number of rotatable bonds is 8. The Hall–Kier alpha value is -4.13. The van der Waals surface area contributed by atoms with Gasteiger partial charge >= 0.3 is 0 Å². The number of carbonyl (C=O) groups excluding carboxylic acids is 3. The summed E-state index contributed by atoms with van der Waals surface area (Å²) in [6, 6.07) is 21.3. The minimum absolute atomic E-state index is 0.0744. The van der Waals surface area contributed by atoms with E-state index in [2.05, 4.69) is 36.9 Å². The van der Waals surface area contributed by atoms with Gasteiger partial charge in [0.2, 0.25) is 0 Å². The summed E-state index contributed by atoms with van der Waals surface area (Å²) in [4.78, 5) is 36.7. The Balaban J connectivity index is 1.45. The van der Waals surface area contributed by atoms with Crippen LogP contribution in [0.5, 0.6) is 5.75 Å². The van der Waals surface area contributed by atoms with Crippen LogP contribution >= 0.6 is 0 Å². The molecule has 3 aromatic rings. The molecule has 0 radical (unpaired) electrons. The monoisotopic (exact) mass is 473 g/mol. The molecule has 3 aromatic carbocycles. The summed E-state index contributed by atoms with van der Waals surface area (Å²) in [5, 5.41) is 2.79. The van der Waals surface area contributed by atoms with E-state index in [4.69, 9.17) is 4.74 Å². The fraction of sp³-hybridized carbons (Fsp3) is 0.250. The van der Waals surface area contributed by atoms with Crippen LogP contribution in [0, 0.1) is 6.92 Å². The van der Waals surface area contributed by atoms with E-state index in [0.29, 0.717) is 22.6 Å². The van der Waals surface area contributed by atoms with E-state index in [-0.39, 0.29) is 17.9 Å². The summed E-state index contributed by atoms with van der Waals surface area (Å²) < 4.78 is 5.50. The van der Waals surface area contributed by atoms with Gasteiger partial charge in [-0.1, -0.05) is 50.6 Å². The zero-order chi connectivity index (χ0) is 25.4. The second-order valence-corrected chi connectivity index (χ2v) is 8.95. The van der Waals surface area contributed by atoms with Crippen LogP contribution in [-0.2, 0) is 10.2 Å². The molecular formula is C28H31N3O4. The predicted molar refractivity (Wildman–Crippen MR) is 136 cm³/mol. The van der Waals surface area contributed by atoms with Crippen molar-refractivity contribution in [1.82, 2.24) is 10.9 Å². The minimum atomic E-state index is -0.488. The first-order chi connectivity index (χ1) is 16.7. The maximum absolute atomic E-state index is 12.4. The largest absolute Gasteiger partial charge is 0.484 e. The number of hydrazine groups is 1. The van der Waals surface area contributed by atoms with E-state index >= 15 is 0 Å². The molecule has 0 aliphatic rings. The molecule has 7 heteroatoms. The van der Waals surface area contributed by atoms with E-state index in [9.17, 15) is 14.4 Å². The average molecular weight is 474 g/mol. The van der Waals surface area contributed by atoms with Gasteiger partial charge in [0.1, 0.15) is 5.75 Å². The lowest BCUT2D eigenvalue weighted by atomic mass is 9.82. The molecule has 35 heavy (non-hydrogen) atoms. The normalized spacial score (nSPS) is 10.9. The van der Waals surface area contributed by atoms with Crippen molar-refractivity contribution in [3.63, 3.8) is 0 Å². The fourth-order valence-corrected chi connectivity index (χ4v) is 3.28. The number of anilines is 1. The Bertz CT molecular complexity index is 1190. The summed E-state index contributed by atoms with van der Waals surface area (Å²) in [5.41, 5.74) is 8.39. The van der Waals surface area contributed by atoms with Gasteiger partial charge in [-0.25, -0.2) is 0 Å². The molecule has 7 nitrogen and oxygen atoms in total. The second kappa shape index (κ2) is 11.3. The topological polar surface area (TPSA) is 96.5 Å². The molecule has 0 aliphatic heterocycles. The first kappa shape index (κ1) is 25.5. The van der Waals surface area contributed by atoms with Crippen molar-refractivity contribution in [3.05, 3.63) is 95.1 Å². The van der Waals surface area contributed by atoms with Crippen molar-refractivity contribution < 1.29 is 19.1 Å². The summed E-state index contributed by atoms with van der Waals surface area (Å²) in [7, 11) is 0. The van der Waals surface area contributed by atoms with Gasteiger partial charge in [-0.2, -0.15) is 0 Å². The summed E-state index contributed by atoms with van der Waals surface area (Å²) in [6.07, 6.45) is 1.01. The number of carbonyl (C=O) groups is 3. The lowest BCUT2D eigenvalue weighted by Crippen LogP contribution is -2.43. The van der Waals surface area contributed by atoms with Crippen LogP contribution in [0.25, 0.3) is 0 Å². The van der Waals surface area contributed by atoms with Crippen LogP contribution in [0.1, 0.15) is 59.0 Å². The molecule has 0 spiro atoms. The highest BCUT2D eigenvalue weighted by molar-refractivity contribution is 6.04. The Labute approximate surface area is 205 Å². The molecule has 0 heterocycles. The second-order valence-electron chi connectivity index (χ2n) is 8.95. The first-order valence-electron chi connectivity index (χ1n) is 11.5. The smallest absolute Gasteiger partial charge is 0.276 e. The lowest BCUT2D eigenvalue weighted by Gasteiger charge is -2.23. The van der Waals surface area contributed by atoms with Crippen molar-refractivity contribution in [2.45, 2.75) is 39.5 Å². The summed E-state index contributed by atoms with van der Waals surface area (Å²) >= 11 is 0. The van der Waals surface area contributed by atoms with Crippen LogP contribution in [0.4, 0.5) is 5.69 Å². The molecule has 3 amide bonds. The van der Waals surface area contributed by atoms with Gasteiger partial charge < -0.3 is 10.1 Å². The average Bonchev–Trinajstić information content (AvgIpc) is 2.86. The molecule has 0 atom stereocenters. The van der Waals surface area contributed by atoms with Crippen molar-refractivity contribution in [2.24, 2.45) is 0 Å². The quantitative estimate of drug-likeness (QED) is 0.411. The first-order valence-corrected chi connectivity index (χ1v) is 11.5. The zero-order valence-electron chi connectivity index (χ0n) is 20.5. The molecule has 0 aromatic heterocycles. The van der Waals surface area contributed by atoms with Gasteiger partial charge in [0, 0.05) is 16.8 Å². The number of hydrogen-bond donors (Lipinski definition) is 3. The lowest BCUT2D eigenvalue weighted by molar-refractivity contribution is -0.123. The van der Waals surface area contributed by atoms with Crippen LogP contribution in [0.15, 0.2) is 72.8 Å². The van der Waals surface area contributed by atoms with Crippen molar-refractivity contribution in [2.75, 3.05) is 11.9 Å². The van der Waals surface area contributed by atoms with E-state index in [1.54, 1.807) is 36.4 Å². The van der Waals surface area contributed by atoms with Crippen molar-refractivity contribution in [3.8, 4) is 5.75 Å². The zero-order valence-corrected chi connectivity index (χ0v) is 20.5. The van der Waals surface area contributed by atoms with E-state index in [1.807, 2.05) is 43.3 Å². The highest BCUT2D eigenvalue weighted by atomic mass is 16.5. The molecule has 0 unspecified atom stereocenters. The maximum Gasteiger partial charge on any atom is 0.276 e. The van der Waals surface area contributed by atoms with E-state index in [1.165, 1.54) is 5.56 Å². The molecule has 0 saturated heterocycles. The number of benzene rings is 3. The third-order valence-corrected chi connectivity index (χ3v) is 5.89. The van der Waals surface area contributed by atoms with Gasteiger partial charge in [0.15, 0.2) is 6.61 Å². The molecular weight excluding hydrogens is 442 g/mol. The van der Waals surface area contributed by atoms with Crippen LogP contribution < -0.4 is 20.9 Å². The highest BCUT2D eigenvalue weighted by Crippen LogP contribution is 2.28. The van der Waals surface area contributed by atoms with Crippen LogP contribution in [-0.4, -0.2) is 24.3 Å². The number of ether oxygens (including phenoxy) is 1. The number of hydrogen-bond acceptors (Lipinski definition) is 4. The predicted octanol–water partition coefficient (Wildman–Crippen LogP) is 4.77. The van der Waals surface area contributed by atoms with Gasteiger partial charge in [0.05, 0.1) is 0 Å². The minimum Gasteiger partial charge on any atom is -0.484 e. The van der Waals surface area contributed by atoms with Crippen molar-refractivity contribution >= 4 is 23.4 Å². The SMILES string of the molecule is CCC(C)(C)c1ccc(OCC(=O)NNC(=O)c2ccc(NC(=O)c3cccc(C)c3)cc2)cc1. The third-order valence-electron chi connectivity index (χ3n) is 5.89. The van der Waals surface area contributed by atoms with E-state index in [0.717, 1.165) is 12.0 Å². The Morgan fingerprint density at radius 3 is 2.14 bits per heavy atom. The molecule has 0 saturated carbocycles. The Kier molecular flexibility index (Phi) is 8.25. The summed E-state index contributed by atoms with van der Waals surface area (Å²) in [5.74, 6) is -0.633. The highest BCUT2D eigenvalue weighted by Gasteiger charge is 2.17. The molecule has 182 valence electrons. The third kappa shape index (κ3) is 7.17. The van der Waals surface area contributed by atoms with Crippen molar-refractivity contribution in [1.29, 1.82) is 0 Å².